The Morgan fingerprint density at radius 3 is 2.30 bits per heavy atom. The fourth-order valence-electron chi connectivity index (χ4n) is 3.93. The lowest BCUT2D eigenvalue weighted by Crippen LogP contribution is -2.39. The Balaban J connectivity index is 0.00000192. The maximum Gasteiger partial charge on any atom is 0.220 e. The summed E-state index contributed by atoms with van der Waals surface area (Å²) in [5.41, 5.74) is 1.46. The van der Waals surface area contributed by atoms with Gasteiger partial charge >= 0.3 is 0 Å². The van der Waals surface area contributed by atoms with Gasteiger partial charge in [-0.2, -0.15) is 0 Å². The molecule has 1 saturated carbocycles. The van der Waals surface area contributed by atoms with Crippen LogP contribution in [-0.2, 0) is 4.79 Å². The Kier molecular flexibility index (Phi) is 7.38. The van der Waals surface area contributed by atoms with E-state index >= 15 is 0 Å². The smallest absolute Gasteiger partial charge is 0.220 e. The van der Waals surface area contributed by atoms with Crippen molar-refractivity contribution in [1.29, 1.82) is 0 Å². The van der Waals surface area contributed by atoms with Gasteiger partial charge in [0.1, 0.15) is 0 Å². The summed E-state index contributed by atoms with van der Waals surface area (Å²) in [5.74, 6) is 1.54. The fraction of sp³-hybridized carbons (Fsp3) is 0.632. The van der Waals surface area contributed by atoms with Crippen molar-refractivity contribution in [3.8, 4) is 0 Å². The van der Waals surface area contributed by atoms with Gasteiger partial charge in [0.05, 0.1) is 0 Å². The maximum absolute atomic E-state index is 12.2. The number of benzene rings is 1. The van der Waals surface area contributed by atoms with E-state index in [4.69, 9.17) is 0 Å². The van der Waals surface area contributed by atoms with Gasteiger partial charge in [-0.1, -0.05) is 30.3 Å². The lowest BCUT2D eigenvalue weighted by Gasteiger charge is -2.30. The molecule has 128 valence electrons. The van der Waals surface area contributed by atoms with E-state index in [0.717, 1.165) is 45.2 Å². The zero-order chi connectivity index (χ0) is 15.2. The van der Waals surface area contributed by atoms with Crippen molar-refractivity contribution in [1.82, 2.24) is 10.6 Å². The molecule has 0 bridgehead atoms. The van der Waals surface area contributed by atoms with E-state index in [0.29, 0.717) is 17.9 Å². The van der Waals surface area contributed by atoms with Gasteiger partial charge in [0, 0.05) is 12.5 Å². The molecule has 3 rings (SSSR count). The summed E-state index contributed by atoms with van der Waals surface area (Å²) in [6.45, 7) is 2.14. The minimum Gasteiger partial charge on any atom is -0.353 e. The van der Waals surface area contributed by atoms with Gasteiger partial charge in [-0.25, -0.2) is 0 Å². The number of nitrogens with one attached hydrogen (secondary N) is 2. The number of piperidine rings is 1. The summed E-state index contributed by atoms with van der Waals surface area (Å²) in [4.78, 5) is 12.2. The van der Waals surface area contributed by atoms with Gasteiger partial charge in [-0.05, 0) is 69.0 Å². The highest BCUT2D eigenvalue weighted by molar-refractivity contribution is 5.85. The molecule has 0 unspecified atom stereocenters. The molecule has 2 fully saturated rings. The molecule has 1 aromatic rings. The molecular weight excluding hydrogens is 308 g/mol. The molecule has 4 heteroatoms. The summed E-state index contributed by atoms with van der Waals surface area (Å²) in [7, 11) is 0. The van der Waals surface area contributed by atoms with Gasteiger partial charge in [-0.15, -0.1) is 12.4 Å². The van der Waals surface area contributed by atoms with Crippen LogP contribution in [0.5, 0.6) is 0 Å². The highest BCUT2D eigenvalue weighted by Gasteiger charge is 2.24. The predicted octanol–water partition coefficient (Wildman–Crippen LogP) is 3.64. The average molecular weight is 337 g/mol. The molecule has 1 aliphatic carbocycles. The molecule has 3 nitrogen and oxygen atoms in total. The number of hydrogen-bond donors (Lipinski definition) is 2. The Hall–Kier alpha value is -1.06. The SMILES string of the molecule is Cl.O=C(CC1CCNCC1)NC1CCC(c2ccccc2)CC1. The fourth-order valence-corrected chi connectivity index (χ4v) is 3.93. The molecule has 0 atom stereocenters. The van der Waals surface area contributed by atoms with Crippen LogP contribution in [0, 0.1) is 5.92 Å². The Morgan fingerprint density at radius 2 is 1.65 bits per heavy atom. The van der Waals surface area contributed by atoms with Gasteiger partial charge in [-0.3, -0.25) is 4.79 Å². The molecule has 2 N–H and O–H groups in total. The first-order valence-electron chi connectivity index (χ1n) is 8.86. The Morgan fingerprint density at radius 1 is 1.00 bits per heavy atom. The van der Waals surface area contributed by atoms with Crippen LogP contribution in [0.15, 0.2) is 30.3 Å². The zero-order valence-electron chi connectivity index (χ0n) is 13.8. The summed E-state index contributed by atoms with van der Waals surface area (Å²) >= 11 is 0. The highest BCUT2D eigenvalue weighted by Crippen LogP contribution is 2.32. The van der Waals surface area contributed by atoms with Crippen LogP contribution >= 0.6 is 12.4 Å². The van der Waals surface area contributed by atoms with Crippen LogP contribution in [0.1, 0.15) is 56.4 Å². The quantitative estimate of drug-likeness (QED) is 0.881. The Labute approximate surface area is 146 Å². The Bertz CT molecular complexity index is 466. The monoisotopic (exact) mass is 336 g/mol. The van der Waals surface area contributed by atoms with Crippen molar-refractivity contribution >= 4 is 18.3 Å². The van der Waals surface area contributed by atoms with Crippen molar-refractivity contribution in [3.63, 3.8) is 0 Å². The van der Waals surface area contributed by atoms with E-state index in [1.54, 1.807) is 0 Å². The third-order valence-electron chi connectivity index (χ3n) is 5.30. The predicted molar refractivity (Wildman–Crippen MR) is 97.0 cm³/mol. The number of carbonyl (C=O) groups is 1. The van der Waals surface area contributed by atoms with Gasteiger partial charge in [0.15, 0.2) is 0 Å². The van der Waals surface area contributed by atoms with Crippen LogP contribution < -0.4 is 10.6 Å². The van der Waals surface area contributed by atoms with Crippen LogP contribution in [0.3, 0.4) is 0 Å². The molecule has 1 saturated heterocycles. The summed E-state index contributed by atoms with van der Waals surface area (Å²) in [6, 6.07) is 11.2. The number of carbonyl (C=O) groups excluding carboxylic acids is 1. The molecule has 1 aliphatic heterocycles. The van der Waals surface area contributed by atoms with Crippen molar-refractivity contribution in [2.75, 3.05) is 13.1 Å². The number of halogens is 1. The van der Waals surface area contributed by atoms with E-state index < -0.39 is 0 Å². The highest BCUT2D eigenvalue weighted by atomic mass is 35.5. The second-order valence-electron chi connectivity index (χ2n) is 6.92. The summed E-state index contributed by atoms with van der Waals surface area (Å²) < 4.78 is 0. The summed E-state index contributed by atoms with van der Waals surface area (Å²) in [5, 5.41) is 6.64. The van der Waals surface area contributed by atoms with Crippen molar-refractivity contribution in [3.05, 3.63) is 35.9 Å². The topological polar surface area (TPSA) is 41.1 Å². The van der Waals surface area contributed by atoms with E-state index in [1.807, 2.05) is 0 Å². The normalized spacial score (nSPS) is 25.4. The first-order valence-corrected chi connectivity index (χ1v) is 8.86. The maximum atomic E-state index is 12.2. The van der Waals surface area contributed by atoms with E-state index in [-0.39, 0.29) is 18.3 Å². The third kappa shape index (κ3) is 5.50. The molecule has 0 aromatic heterocycles. The zero-order valence-corrected chi connectivity index (χ0v) is 14.6. The lowest BCUT2D eigenvalue weighted by atomic mass is 9.81. The van der Waals surface area contributed by atoms with Crippen LogP contribution in [-0.4, -0.2) is 25.0 Å². The van der Waals surface area contributed by atoms with E-state index in [2.05, 4.69) is 41.0 Å². The average Bonchev–Trinajstić information content (AvgIpc) is 2.57. The molecule has 1 heterocycles. The minimum atomic E-state index is 0. The van der Waals surface area contributed by atoms with Crippen molar-refractivity contribution in [2.24, 2.45) is 5.92 Å². The van der Waals surface area contributed by atoms with Crippen LogP contribution in [0.2, 0.25) is 0 Å². The minimum absolute atomic E-state index is 0. The third-order valence-corrected chi connectivity index (χ3v) is 5.30. The van der Waals surface area contributed by atoms with Gasteiger partial charge in [0.2, 0.25) is 5.91 Å². The van der Waals surface area contributed by atoms with Crippen molar-refractivity contribution < 1.29 is 4.79 Å². The second kappa shape index (κ2) is 9.29. The summed E-state index contributed by atoms with van der Waals surface area (Å²) in [6.07, 6.45) is 7.66. The van der Waals surface area contributed by atoms with Gasteiger partial charge in [0.25, 0.3) is 0 Å². The molecular formula is C19H29ClN2O. The first kappa shape index (κ1) is 18.3. The number of hydrogen-bond acceptors (Lipinski definition) is 2. The molecule has 2 aliphatic rings. The van der Waals surface area contributed by atoms with E-state index in [1.165, 1.54) is 18.4 Å². The van der Waals surface area contributed by atoms with Gasteiger partial charge < -0.3 is 10.6 Å². The lowest BCUT2D eigenvalue weighted by molar-refractivity contribution is -0.123. The molecule has 1 amide bonds. The molecule has 0 spiro atoms. The van der Waals surface area contributed by atoms with E-state index in [9.17, 15) is 4.79 Å². The second-order valence-corrected chi connectivity index (χ2v) is 6.92. The van der Waals surface area contributed by atoms with Crippen LogP contribution in [0.25, 0.3) is 0 Å². The number of amides is 1. The standard InChI is InChI=1S/C19H28N2O.ClH/c22-19(14-15-10-12-20-13-11-15)21-18-8-6-17(7-9-18)16-4-2-1-3-5-16;/h1-5,15,17-18,20H,6-14H2,(H,21,22);1H. The largest absolute Gasteiger partial charge is 0.353 e. The molecule has 0 radical (unpaired) electrons. The van der Waals surface area contributed by atoms with Crippen LogP contribution in [0.4, 0.5) is 0 Å². The molecule has 1 aromatic carbocycles. The van der Waals surface area contributed by atoms with Crippen molar-refractivity contribution in [2.45, 2.75) is 56.9 Å². The first-order chi connectivity index (χ1) is 10.8. The number of rotatable bonds is 4. The molecule has 23 heavy (non-hydrogen) atoms.